The molecule has 1 saturated heterocycles. The van der Waals surface area contributed by atoms with Gasteiger partial charge in [-0.25, -0.2) is 0 Å². The average Bonchev–Trinajstić information content (AvgIpc) is 2.97. The highest BCUT2D eigenvalue weighted by Gasteiger charge is 2.23. The lowest BCUT2D eigenvalue weighted by Gasteiger charge is -2.31. The zero-order valence-corrected chi connectivity index (χ0v) is 12.5. The quantitative estimate of drug-likeness (QED) is 0.651. The van der Waals surface area contributed by atoms with Crippen LogP contribution in [0.1, 0.15) is 43.8 Å². The van der Waals surface area contributed by atoms with Crippen LogP contribution in [0.2, 0.25) is 0 Å². The fraction of sp³-hybridized carbons (Fsp3) is 0.733. The predicted molar refractivity (Wildman–Crippen MR) is 81.3 cm³/mol. The van der Waals surface area contributed by atoms with Crippen molar-refractivity contribution in [3.63, 3.8) is 0 Å². The maximum absolute atomic E-state index is 7.50. The van der Waals surface area contributed by atoms with Crippen molar-refractivity contribution in [3.05, 3.63) is 18.0 Å². The summed E-state index contributed by atoms with van der Waals surface area (Å²) in [6.07, 6.45) is 8.38. The highest BCUT2D eigenvalue weighted by Crippen LogP contribution is 2.27. The molecule has 2 aliphatic rings. The van der Waals surface area contributed by atoms with E-state index in [0.717, 1.165) is 18.8 Å². The van der Waals surface area contributed by atoms with Crippen LogP contribution >= 0.6 is 0 Å². The molecule has 21 heavy (non-hydrogen) atoms. The predicted octanol–water partition coefficient (Wildman–Crippen LogP) is 1.53. The number of nitrogens with two attached hydrogens (primary N) is 1. The summed E-state index contributed by atoms with van der Waals surface area (Å²) in [5.41, 5.74) is 6.64. The van der Waals surface area contributed by atoms with Crippen LogP contribution in [0.3, 0.4) is 0 Å². The molecular weight excluding hydrogens is 266 g/mol. The Hall–Kier alpha value is -1.40. The summed E-state index contributed by atoms with van der Waals surface area (Å²) in [7, 11) is 0. The molecular formula is C15H25N5O. The van der Waals surface area contributed by atoms with Gasteiger partial charge in [0.25, 0.3) is 0 Å². The topological polar surface area (TPSA) is 80.2 Å². The van der Waals surface area contributed by atoms with Gasteiger partial charge in [-0.1, -0.05) is 19.3 Å². The van der Waals surface area contributed by atoms with Gasteiger partial charge in [0, 0.05) is 25.8 Å². The molecule has 2 fully saturated rings. The Bertz CT molecular complexity index is 480. The standard InChI is InChI=1S/C15H25N5O/c16-15(17)14-11-19(8-9-21-14)10-12-6-7-20(18-12)13-4-2-1-3-5-13/h6-7,13-14H,1-5,8-11H2,(H3,16,17). The van der Waals surface area contributed by atoms with Crippen molar-refractivity contribution in [1.82, 2.24) is 14.7 Å². The molecule has 1 atom stereocenters. The summed E-state index contributed by atoms with van der Waals surface area (Å²) in [4.78, 5) is 2.27. The van der Waals surface area contributed by atoms with Crippen molar-refractivity contribution < 1.29 is 4.74 Å². The molecule has 0 spiro atoms. The van der Waals surface area contributed by atoms with Crippen molar-refractivity contribution in [2.24, 2.45) is 5.73 Å². The molecule has 1 aromatic rings. The van der Waals surface area contributed by atoms with Crippen molar-refractivity contribution in [2.75, 3.05) is 19.7 Å². The molecule has 0 amide bonds. The van der Waals surface area contributed by atoms with Gasteiger partial charge in [0.2, 0.25) is 0 Å². The number of hydrogen-bond acceptors (Lipinski definition) is 4. The largest absolute Gasteiger partial charge is 0.385 e. The Kier molecular flexibility index (Phi) is 4.55. The third-order valence-electron chi connectivity index (χ3n) is 4.50. The first-order valence-corrected chi connectivity index (χ1v) is 7.94. The molecule has 2 heterocycles. The highest BCUT2D eigenvalue weighted by atomic mass is 16.5. The Morgan fingerprint density at radius 2 is 2.19 bits per heavy atom. The van der Waals surface area contributed by atoms with Crippen LogP contribution in [0.25, 0.3) is 0 Å². The first-order chi connectivity index (χ1) is 10.2. The van der Waals surface area contributed by atoms with Gasteiger partial charge in [0.15, 0.2) is 0 Å². The molecule has 6 nitrogen and oxygen atoms in total. The van der Waals surface area contributed by atoms with Gasteiger partial charge >= 0.3 is 0 Å². The van der Waals surface area contributed by atoms with E-state index >= 15 is 0 Å². The summed E-state index contributed by atoms with van der Waals surface area (Å²) >= 11 is 0. The minimum absolute atomic E-state index is 0.118. The van der Waals surface area contributed by atoms with Crippen LogP contribution < -0.4 is 5.73 Å². The first kappa shape index (κ1) is 14.5. The SMILES string of the molecule is N=C(N)C1CN(Cc2ccn(C3CCCCC3)n2)CCO1. The van der Waals surface area contributed by atoms with E-state index in [1.54, 1.807) is 0 Å². The smallest absolute Gasteiger partial charge is 0.127 e. The number of morpholine rings is 1. The van der Waals surface area contributed by atoms with E-state index in [0.29, 0.717) is 19.2 Å². The lowest BCUT2D eigenvalue weighted by atomic mass is 9.96. The Morgan fingerprint density at radius 1 is 1.38 bits per heavy atom. The number of rotatable bonds is 4. The monoisotopic (exact) mass is 291 g/mol. The van der Waals surface area contributed by atoms with E-state index < -0.39 is 0 Å². The molecule has 3 N–H and O–H groups in total. The number of ether oxygens (including phenoxy) is 1. The minimum Gasteiger partial charge on any atom is -0.385 e. The molecule has 116 valence electrons. The van der Waals surface area contributed by atoms with Crippen LogP contribution in [0, 0.1) is 5.41 Å². The molecule has 1 aliphatic carbocycles. The molecule has 1 saturated carbocycles. The van der Waals surface area contributed by atoms with Gasteiger partial charge in [0.1, 0.15) is 11.9 Å². The summed E-state index contributed by atoms with van der Waals surface area (Å²) in [6, 6.07) is 2.70. The summed E-state index contributed by atoms with van der Waals surface area (Å²) in [6.45, 7) is 3.01. The van der Waals surface area contributed by atoms with Crippen molar-refractivity contribution >= 4 is 5.84 Å². The Balaban J connectivity index is 1.57. The van der Waals surface area contributed by atoms with E-state index in [9.17, 15) is 0 Å². The summed E-state index contributed by atoms with van der Waals surface area (Å²) in [5, 5.41) is 12.3. The van der Waals surface area contributed by atoms with Crippen LogP contribution in [0.4, 0.5) is 0 Å². The Labute approximate surface area is 125 Å². The Morgan fingerprint density at radius 3 is 2.95 bits per heavy atom. The molecule has 1 aliphatic heterocycles. The van der Waals surface area contributed by atoms with E-state index in [1.165, 1.54) is 32.1 Å². The summed E-state index contributed by atoms with van der Waals surface area (Å²) in [5.74, 6) is 0.118. The van der Waals surface area contributed by atoms with Crippen LogP contribution in [0.15, 0.2) is 12.3 Å². The molecule has 1 aromatic heterocycles. The number of nitrogens with zero attached hydrogens (tertiary/aromatic N) is 3. The molecule has 3 rings (SSSR count). The van der Waals surface area contributed by atoms with Gasteiger partial charge in [-0.3, -0.25) is 15.0 Å². The molecule has 1 unspecified atom stereocenters. The lowest BCUT2D eigenvalue weighted by Crippen LogP contribution is -2.47. The zero-order chi connectivity index (χ0) is 14.7. The number of aromatic nitrogens is 2. The normalized spacial score (nSPS) is 25.0. The van der Waals surface area contributed by atoms with E-state index in [2.05, 4.69) is 21.8 Å². The third-order valence-corrected chi connectivity index (χ3v) is 4.50. The second-order valence-corrected chi connectivity index (χ2v) is 6.13. The highest BCUT2D eigenvalue weighted by molar-refractivity contribution is 5.82. The van der Waals surface area contributed by atoms with Crippen molar-refractivity contribution in [3.8, 4) is 0 Å². The first-order valence-electron chi connectivity index (χ1n) is 7.94. The second-order valence-electron chi connectivity index (χ2n) is 6.13. The zero-order valence-electron chi connectivity index (χ0n) is 12.5. The van der Waals surface area contributed by atoms with Crippen LogP contribution in [-0.4, -0.2) is 46.3 Å². The van der Waals surface area contributed by atoms with Gasteiger partial charge in [-0.15, -0.1) is 0 Å². The van der Waals surface area contributed by atoms with Gasteiger partial charge in [-0.2, -0.15) is 5.10 Å². The average molecular weight is 291 g/mol. The van der Waals surface area contributed by atoms with E-state index in [-0.39, 0.29) is 11.9 Å². The summed E-state index contributed by atoms with van der Waals surface area (Å²) < 4.78 is 7.64. The van der Waals surface area contributed by atoms with Crippen molar-refractivity contribution in [2.45, 2.75) is 50.8 Å². The minimum atomic E-state index is -0.265. The molecule has 6 heteroatoms. The maximum Gasteiger partial charge on any atom is 0.127 e. The van der Waals surface area contributed by atoms with E-state index in [1.807, 2.05) is 0 Å². The van der Waals surface area contributed by atoms with Gasteiger partial charge in [-0.05, 0) is 18.9 Å². The molecule has 0 radical (unpaired) electrons. The second kappa shape index (κ2) is 6.58. The number of hydrogen-bond donors (Lipinski definition) is 2. The van der Waals surface area contributed by atoms with Crippen LogP contribution in [0.5, 0.6) is 0 Å². The molecule has 0 aromatic carbocycles. The maximum atomic E-state index is 7.50. The van der Waals surface area contributed by atoms with Crippen LogP contribution in [-0.2, 0) is 11.3 Å². The van der Waals surface area contributed by atoms with E-state index in [4.69, 9.17) is 21.0 Å². The fourth-order valence-electron chi connectivity index (χ4n) is 3.27. The number of nitrogens with one attached hydrogen (secondary N) is 1. The molecule has 0 bridgehead atoms. The number of amidine groups is 1. The fourth-order valence-corrected chi connectivity index (χ4v) is 3.27. The van der Waals surface area contributed by atoms with Gasteiger partial charge in [0.05, 0.1) is 18.3 Å². The lowest BCUT2D eigenvalue weighted by molar-refractivity contribution is 0.00182. The van der Waals surface area contributed by atoms with Gasteiger partial charge < -0.3 is 10.5 Å². The third kappa shape index (κ3) is 3.63. The van der Waals surface area contributed by atoms with Crippen molar-refractivity contribution in [1.29, 1.82) is 5.41 Å².